The molecule has 0 aliphatic carbocycles. The van der Waals surface area contributed by atoms with Crippen molar-refractivity contribution in [2.75, 3.05) is 0 Å². The highest BCUT2D eigenvalue weighted by Gasteiger charge is 2.18. The minimum absolute atomic E-state index is 0.0550. The maximum absolute atomic E-state index is 13.3. The van der Waals surface area contributed by atoms with Gasteiger partial charge in [0, 0.05) is 28.5 Å². The summed E-state index contributed by atoms with van der Waals surface area (Å²) in [4.78, 5) is 24.5. The normalized spacial score (nSPS) is 10.7. The summed E-state index contributed by atoms with van der Waals surface area (Å²) in [5, 5.41) is 3.51. The molecule has 0 aliphatic heterocycles. The first kappa shape index (κ1) is 19.8. The van der Waals surface area contributed by atoms with Gasteiger partial charge in [-0.2, -0.15) is 0 Å². The average Bonchev–Trinajstić information content (AvgIpc) is 2.99. The number of aromatic nitrogens is 1. The number of halogens is 2. The van der Waals surface area contributed by atoms with Gasteiger partial charge in [-0.3, -0.25) is 9.59 Å². The van der Waals surface area contributed by atoms with Gasteiger partial charge in [-0.25, -0.2) is 4.39 Å². The lowest BCUT2D eigenvalue weighted by molar-refractivity contribution is -0.121. The molecule has 3 rings (SSSR count). The van der Waals surface area contributed by atoms with Gasteiger partial charge >= 0.3 is 0 Å². The van der Waals surface area contributed by atoms with Gasteiger partial charge in [0.25, 0.3) is 0 Å². The number of carbonyl (C=O) groups is 2. The molecule has 0 saturated heterocycles. The molecule has 4 nitrogen and oxygen atoms in total. The van der Waals surface area contributed by atoms with E-state index in [9.17, 15) is 14.0 Å². The van der Waals surface area contributed by atoms with Crippen LogP contribution in [0.1, 0.15) is 28.5 Å². The van der Waals surface area contributed by atoms with Crippen LogP contribution in [0.3, 0.4) is 0 Å². The zero-order chi connectivity index (χ0) is 20.3. The van der Waals surface area contributed by atoms with Crippen LogP contribution in [0.5, 0.6) is 0 Å². The van der Waals surface area contributed by atoms with Crippen molar-refractivity contribution in [2.45, 2.75) is 26.9 Å². The highest BCUT2D eigenvalue weighted by molar-refractivity contribution is 6.30. The second kappa shape index (κ2) is 8.40. The molecule has 1 heterocycles. The topological polar surface area (TPSA) is 51.1 Å². The largest absolute Gasteiger partial charge is 0.350 e. The minimum Gasteiger partial charge on any atom is -0.350 e. The van der Waals surface area contributed by atoms with E-state index in [0.717, 1.165) is 11.1 Å². The van der Waals surface area contributed by atoms with Crippen LogP contribution in [0.25, 0.3) is 11.3 Å². The van der Waals surface area contributed by atoms with Gasteiger partial charge < -0.3 is 9.88 Å². The Morgan fingerprint density at radius 2 is 1.71 bits per heavy atom. The van der Waals surface area contributed by atoms with E-state index in [1.807, 2.05) is 12.1 Å². The van der Waals surface area contributed by atoms with Crippen molar-refractivity contribution < 1.29 is 14.0 Å². The number of benzene rings is 2. The van der Waals surface area contributed by atoms with E-state index in [-0.39, 0.29) is 24.1 Å². The molecule has 3 aromatic rings. The lowest BCUT2D eigenvalue weighted by Gasteiger charge is -2.13. The fraction of sp³-hybridized carbons (Fsp3) is 0.182. The first-order valence-corrected chi connectivity index (χ1v) is 9.21. The van der Waals surface area contributed by atoms with Gasteiger partial charge in [0.1, 0.15) is 12.4 Å². The van der Waals surface area contributed by atoms with Crippen LogP contribution in [0.2, 0.25) is 5.02 Å². The van der Waals surface area contributed by atoms with E-state index < -0.39 is 0 Å². The summed E-state index contributed by atoms with van der Waals surface area (Å²) in [7, 11) is 0. The van der Waals surface area contributed by atoms with E-state index >= 15 is 0 Å². The Morgan fingerprint density at radius 3 is 2.32 bits per heavy atom. The van der Waals surface area contributed by atoms with Crippen molar-refractivity contribution >= 4 is 23.3 Å². The standard InChI is InChI=1S/C22H20ClFN2O2/c1-14-20(15(2)27)11-21(17-5-9-19(24)10-6-17)26(14)13-22(28)25-12-16-3-7-18(23)8-4-16/h3-11H,12-13H2,1-2H3,(H,25,28). The van der Waals surface area contributed by atoms with E-state index in [1.165, 1.54) is 19.1 Å². The van der Waals surface area contributed by atoms with Gasteiger partial charge in [0.15, 0.2) is 5.78 Å². The molecule has 0 bridgehead atoms. The quantitative estimate of drug-likeness (QED) is 0.608. The van der Waals surface area contributed by atoms with Gasteiger partial charge in [0.05, 0.1) is 0 Å². The van der Waals surface area contributed by atoms with E-state index in [1.54, 1.807) is 41.8 Å². The summed E-state index contributed by atoms with van der Waals surface area (Å²) in [5.41, 5.74) is 3.62. The monoisotopic (exact) mass is 398 g/mol. The van der Waals surface area contributed by atoms with Gasteiger partial charge in [0.2, 0.25) is 5.91 Å². The fourth-order valence-electron chi connectivity index (χ4n) is 3.07. The number of hydrogen-bond donors (Lipinski definition) is 1. The van der Waals surface area contributed by atoms with Gasteiger partial charge in [-0.05, 0) is 67.4 Å². The number of nitrogens with one attached hydrogen (secondary N) is 1. The van der Waals surface area contributed by atoms with Crippen LogP contribution in [-0.4, -0.2) is 16.3 Å². The molecule has 0 atom stereocenters. The molecule has 0 fully saturated rings. The summed E-state index contributed by atoms with van der Waals surface area (Å²) < 4.78 is 15.1. The molecular formula is C22H20ClFN2O2. The molecule has 0 radical (unpaired) electrons. The molecule has 0 spiro atoms. The predicted octanol–water partition coefficient (Wildman–Crippen LogP) is 4.78. The summed E-state index contributed by atoms with van der Waals surface area (Å²) in [6.07, 6.45) is 0. The van der Waals surface area contributed by atoms with Gasteiger partial charge in [-0.15, -0.1) is 0 Å². The first-order valence-electron chi connectivity index (χ1n) is 8.83. The van der Waals surface area contributed by atoms with Gasteiger partial charge in [-0.1, -0.05) is 23.7 Å². The van der Waals surface area contributed by atoms with Crippen molar-refractivity contribution in [1.29, 1.82) is 0 Å². The molecule has 0 saturated carbocycles. The van der Waals surface area contributed by atoms with Crippen LogP contribution in [0.15, 0.2) is 54.6 Å². The fourth-order valence-corrected chi connectivity index (χ4v) is 3.19. The second-order valence-electron chi connectivity index (χ2n) is 6.58. The van der Waals surface area contributed by atoms with E-state index in [0.29, 0.717) is 28.5 Å². The zero-order valence-corrected chi connectivity index (χ0v) is 16.4. The Balaban J connectivity index is 1.83. The van der Waals surface area contributed by atoms with Crippen LogP contribution in [-0.2, 0) is 17.9 Å². The van der Waals surface area contributed by atoms with Crippen molar-refractivity contribution in [2.24, 2.45) is 0 Å². The van der Waals surface area contributed by atoms with Crippen molar-refractivity contribution in [1.82, 2.24) is 9.88 Å². The van der Waals surface area contributed by atoms with Crippen molar-refractivity contribution in [3.63, 3.8) is 0 Å². The van der Waals surface area contributed by atoms with Crippen LogP contribution in [0, 0.1) is 12.7 Å². The van der Waals surface area contributed by atoms with Crippen molar-refractivity contribution in [3.8, 4) is 11.3 Å². The lowest BCUT2D eigenvalue weighted by Crippen LogP contribution is -2.27. The smallest absolute Gasteiger partial charge is 0.240 e. The average molecular weight is 399 g/mol. The van der Waals surface area contributed by atoms with E-state index in [4.69, 9.17) is 11.6 Å². The SMILES string of the molecule is CC(=O)c1cc(-c2ccc(F)cc2)n(CC(=O)NCc2ccc(Cl)cc2)c1C. The third-order valence-corrected chi connectivity index (χ3v) is 4.84. The zero-order valence-electron chi connectivity index (χ0n) is 15.6. The highest BCUT2D eigenvalue weighted by atomic mass is 35.5. The predicted molar refractivity (Wildman–Crippen MR) is 108 cm³/mol. The summed E-state index contributed by atoms with van der Waals surface area (Å²) in [5.74, 6) is -0.612. The molecule has 1 N–H and O–H groups in total. The first-order chi connectivity index (χ1) is 13.3. The number of hydrogen-bond acceptors (Lipinski definition) is 2. The van der Waals surface area contributed by atoms with Crippen LogP contribution < -0.4 is 5.32 Å². The summed E-state index contributed by atoms with van der Waals surface area (Å²) in [6.45, 7) is 3.72. The lowest BCUT2D eigenvalue weighted by atomic mass is 10.1. The minimum atomic E-state index is -0.342. The Kier molecular flexibility index (Phi) is 5.95. The molecule has 1 aromatic heterocycles. The molecular weight excluding hydrogens is 379 g/mol. The number of carbonyl (C=O) groups excluding carboxylic acids is 2. The molecule has 144 valence electrons. The maximum atomic E-state index is 13.3. The number of amides is 1. The Morgan fingerprint density at radius 1 is 1.07 bits per heavy atom. The third kappa shape index (κ3) is 4.49. The van der Waals surface area contributed by atoms with Crippen LogP contribution >= 0.6 is 11.6 Å². The Bertz CT molecular complexity index is 1010. The number of Topliss-reactive ketones (excluding diaryl/α,β-unsaturated/α-hetero) is 1. The molecule has 0 aliphatic rings. The molecule has 28 heavy (non-hydrogen) atoms. The molecule has 1 amide bonds. The molecule has 0 unspecified atom stereocenters. The van der Waals surface area contributed by atoms with E-state index in [2.05, 4.69) is 5.32 Å². The number of ketones is 1. The molecule has 6 heteroatoms. The summed E-state index contributed by atoms with van der Waals surface area (Å²) in [6, 6.07) is 15.0. The maximum Gasteiger partial charge on any atom is 0.240 e. The molecule has 2 aromatic carbocycles. The van der Waals surface area contributed by atoms with Crippen molar-refractivity contribution in [3.05, 3.63) is 82.3 Å². The highest BCUT2D eigenvalue weighted by Crippen LogP contribution is 2.26. The second-order valence-corrected chi connectivity index (χ2v) is 7.02. The number of nitrogens with zero attached hydrogens (tertiary/aromatic N) is 1. The van der Waals surface area contributed by atoms with Crippen LogP contribution in [0.4, 0.5) is 4.39 Å². The Labute approximate surface area is 167 Å². The number of rotatable bonds is 6. The summed E-state index contributed by atoms with van der Waals surface area (Å²) >= 11 is 5.87. The Hall–Kier alpha value is -2.92. The third-order valence-electron chi connectivity index (χ3n) is 4.59.